The van der Waals surface area contributed by atoms with E-state index in [4.69, 9.17) is 16.7 Å². The molecular formula is C25H33ClN4O3. The predicted octanol–water partition coefficient (Wildman–Crippen LogP) is 4.01. The second kappa shape index (κ2) is 10.7. The van der Waals surface area contributed by atoms with E-state index < -0.39 is 0 Å². The Labute approximate surface area is 200 Å². The molecule has 0 bridgehead atoms. The van der Waals surface area contributed by atoms with Crippen molar-refractivity contribution >= 4 is 23.4 Å². The molecule has 1 aromatic carbocycles. The third-order valence-electron chi connectivity index (χ3n) is 6.76. The first-order valence-electron chi connectivity index (χ1n) is 12.0. The molecule has 0 spiro atoms. The summed E-state index contributed by atoms with van der Waals surface area (Å²) in [6, 6.07) is 9.32. The molecule has 0 aliphatic carbocycles. The second-order valence-corrected chi connectivity index (χ2v) is 9.67. The van der Waals surface area contributed by atoms with E-state index in [2.05, 4.69) is 6.92 Å². The predicted molar refractivity (Wildman–Crippen MR) is 128 cm³/mol. The molecule has 2 aliphatic rings. The topological polar surface area (TPSA) is 78.7 Å². The number of hydrogen-bond acceptors (Lipinski definition) is 4. The fourth-order valence-electron chi connectivity index (χ4n) is 4.85. The van der Waals surface area contributed by atoms with Crippen LogP contribution >= 0.6 is 11.6 Å². The number of halogens is 1. The Hall–Kier alpha value is -2.38. The number of unbranched alkanes of at least 4 members (excludes halogenated alkanes) is 2. The maximum absolute atomic E-state index is 13.4. The van der Waals surface area contributed by atoms with Gasteiger partial charge in [-0.2, -0.15) is 5.10 Å². The van der Waals surface area contributed by atoms with Crippen molar-refractivity contribution in [2.45, 2.75) is 51.5 Å². The summed E-state index contributed by atoms with van der Waals surface area (Å²) in [4.78, 5) is 29.9. The fraction of sp³-hybridized carbons (Fsp3) is 0.560. The number of likely N-dealkylation sites (tertiary alicyclic amines) is 1. The number of hydrogen-bond donors (Lipinski definition) is 1. The van der Waals surface area contributed by atoms with Crippen molar-refractivity contribution in [3.05, 3.63) is 41.0 Å². The molecule has 4 rings (SSSR count). The van der Waals surface area contributed by atoms with Crippen LogP contribution in [-0.4, -0.2) is 69.3 Å². The van der Waals surface area contributed by atoms with Crippen molar-refractivity contribution in [3.63, 3.8) is 0 Å². The highest BCUT2D eigenvalue weighted by Gasteiger charge is 2.35. The van der Waals surface area contributed by atoms with E-state index in [1.54, 1.807) is 9.80 Å². The molecule has 2 aliphatic heterocycles. The van der Waals surface area contributed by atoms with E-state index in [0.717, 1.165) is 49.8 Å². The molecule has 0 radical (unpaired) electrons. The lowest BCUT2D eigenvalue weighted by Crippen LogP contribution is -2.50. The molecule has 1 fully saturated rings. The summed E-state index contributed by atoms with van der Waals surface area (Å²) >= 11 is 6.03. The van der Waals surface area contributed by atoms with E-state index in [0.29, 0.717) is 30.4 Å². The number of nitrogens with zero attached hydrogens (tertiary/aromatic N) is 4. The number of rotatable bonds is 8. The second-order valence-electron chi connectivity index (χ2n) is 9.23. The minimum absolute atomic E-state index is 0.0419. The van der Waals surface area contributed by atoms with E-state index in [-0.39, 0.29) is 36.9 Å². The minimum atomic E-state index is -0.154. The molecule has 0 saturated carbocycles. The lowest BCUT2D eigenvalue weighted by Gasteiger charge is -2.36. The van der Waals surface area contributed by atoms with E-state index >= 15 is 0 Å². The SMILES string of the molecule is CCCCCC1CN(CC(=O)N2CCCC(CO)C2)C(=O)c2cc(-c3ccc(Cl)cc3)nn21. The lowest BCUT2D eigenvalue weighted by atomic mass is 9.99. The Balaban J connectivity index is 1.55. The van der Waals surface area contributed by atoms with E-state index in [1.807, 2.05) is 35.0 Å². The minimum Gasteiger partial charge on any atom is -0.396 e. The van der Waals surface area contributed by atoms with Crippen molar-refractivity contribution < 1.29 is 14.7 Å². The van der Waals surface area contributed by atoms with Gasteiger partial charge in [0, 0.05) is 36.8 Å². The smallest absolute Gasteiger partial charge is 0.272 e. The molecular weight excluding hydrogens is 440 g/mol. The first kappa shape index (κ1) is 23.8. The molecule has 1 aromatic heterocycles. The Morgan fingerprint density at radius 1 is 1.21 bits per heavy atom. The zero-order chi connectivity index (χ0) is 23.4. The number of piperidine rings is 1. The standard InChI is InChI=1S/C25H33ClN4O3/c1-2-3-4-7-21-15-29(16-24(32)28-12-5-6-18(14-28)17-31)25(33)23-13-22(27-30(21)23)19-8-10-20(26)11-9-19/h8-11,13,18,21,31H,2-7,12,14-17H2,1H3. The van der Waals surface area contributed by atoms with Crippen LogP contribution in [0, 0.1) is 5.92 Å². The van der Waals surface area contributed by atoms with Gasteiger partial charge in [-0.25, -0.2) is 0 Å². The Morgan fingerprint density at radius 2 is 2.00 bits per heavy atom. The molecule has 2 unspecified atom stereocenters. The normalized spacial score (nSPS) is 20.8. The van der Waals surface area contributed by atoms with Gasteiger partial charge in [-0.1, -0.05) is 49.9 Å². The summed E-state index contributed by atoms with van der Waals surface area (Å²) in [6.45, 7) is 4.08. The van der Waals surface area contributed by atoms with Crippen molar-refractivity contribution in [2.24, 2.45) is 5.92 Å². The average Bonchev–Trinajstić information content (AvgIpc) is 3.28. The summed E-state index contributed by atoms with van der Waals surface area (Å²) in [7, 11) is 0. The van der Waals surface area contributed by atoms with Gasteiger partial charge in [0.2, 0.25) is 5.91 Å². The average molecular weight is 473 g/mol. The van der Waals surface area contributed by atoms with Gasteiger partial charge in [0.15, 0.2) is 0 Å². The van der Waals surface area contributed by atoms with Crippen molar-refractivity contribution in [2.75, 3.05) is 32.8 Å². The van der Waals surface area contributed by atoms with E-state index in [1.165, 1.54) is 0 Å². The summed E-state index contributed by atoms with van der Waals surface area (Å²) in [5.41, 5.74) is 2.19. The largest absolute Gasteiger partial charge is 0.396 e. The van der Waals surface area contributed by atoms with Crippen LogP contribution in [0.1, 0.15) is 62.0 Å². The van der Waals surface area contributed by atoms with Crippen molar-refractivity contribution in [1.29, 1.82) is 0 Å². The Kier molecular flexibility index (Phi) is 7.71. The quantitative estimate of drug-likeness (QED) is 0.589. The number of carbonyl (C=O) groups is 2. The van der Waals surface area contributed by atoms with E-state index in [9.17, 15) is 14.7 Å². The van der Waals surface area contributed by atoms with Crippen LogP contribution < -0.4 is 0 Å². The van der Waals surface area contributed by atoms with Gasteiger partial charge in [-0.3, -0.25) is 14.3 Å². The lowest BCUT2D eigenvalue weighted by molar-refractivity contribution is -0.134. The van der Waals surface area contributed by atoms with Crippen LogP contribution in [0.3, 0.4) is 0 Å². The number of aromatic nitrogens is 2. The first-order valence-corrected chi connectivity index (χ1v) is 12.4. The zero-order valence-electron chi connectivity index (χ0n) is 19.3. The summed E-state index contributed by atoms with van der Waals surface area (Å²) in [5, 5.41) is 14.9. The highest BCUT2D eigenvalue weighted by atomic mass is 35.5. The van der Waals surface area contributed by atoms with Gasteiger partial charge >= 0.3 is 0 Å². The molecule has 1 saturated heterocycles. The van der Waals surface area contributed by atoms with Crippen LogP contribution in [0.4, 0.5) is 0 Å². The number of benzene rings is 1. The summed E-state index contributed by atoms with van der Waals surface area (Å²) < 4.78 is 1.87. The number of aliphatic hydroxyl groups is 1. The molecule has 2 atom stereocenters. The molecule has 1 N–H and O–H groups in total. The zero-order valence-corrected chi connectivity index (χ0v) is 20.0. The maximum Gasteiger partial charge on any atom is 0.272 e. The van der Waals surface area contributed by atoms with Crippen LogP contribution in [0.15, 0.2) is 30.3 Å². The molecule has 2 amide bonds. The van der Waals surface area contributed by atoms with Gasteiger partial charge in [-0.15, -0.1) is 0 Å². The summed E-state index contributed by atoms with van der Waals surface area (Å²) in [5.74, 6) is -0.0665. The third kappa shape index (κ3) is 5.41. The highest BCUT2D eigenvalue weighted by Crippen LogP contribution is 2.30. The van der Waals surface area contributed by atoms with Crippen LogP contribution in [0.25, 0.3) is 11.3 Å². The van der Waals surface area contributed by atoms with Crippen LogP contribution in [-0.2, 0) is 4.79 Å². The van der Waals surface area contributed by atoms with Gasteiger partial charge in [-0.05, 0) is 43.4 Å². The molecule has 3 heterocycles. The number of carbonyl (C=O) groups excluding carboxylic acids is 2. The van der Waals surface area contributed by atoms with Crippen LogP contribution in [0.2, 0.25) is 5.02 Å². The molecule has 178 valence electrons. The monoisotopic (exact) mass is 472 g/mol. The van der Waals surface area contributed by atoms with Gasteiger partial charge in [0.25, 0.3) is 5.91 Å². The number of aliphatic hydroxyl groups excluding tert-OH is 1. The van der Waals surface area contributed by atoms with Crippen LogP contribution in [0.5, 0.6) is 0 Å². The molecule has 8 heteroatoms. The number of fused-ring (bicyclic) bond motifs is 1. The van der Waals surface area contributed by atoms with Gasteiger partial charge in [0.05, 0.1) is 11.7 Å². The fourth-order valence-corrected chi connectivity index (χ4v) is 4.98. The van der Waals surface area contributed by atoms with Gasteiger partial charge < -0.3 is 14.9 Å². The Morgan fingerprint density at radius 3 is 2.73 bits per heavy atom. The highest BCUT2D eigenvalue weighted by molar-refractivity contribution is 6.30. The Bertz CT molecular complexity index is 975. The third-order valence-corrected chi connectivity index (χ3v) is 7.01. The molecule has 2 aromatic rings. The van der Waals surface area contributed by atoms with Gasteiger partial charge in [0.1, 0.15) is 12.2 Å². The van der Waals surface area contributed by atoms with Crippen molar-refractivity contribution in [3.8, 4) is 11.3 Å². The molecule has 33 heavy (non-hydrogen) atoms. The first-order chi connectivity index (χ1) is 16.0. The van der Waals surface area contributed by atoms with Crippen molar-refractivity contribution in [1.82, 2.24) is 19.6 Å². The number of amides is 2. The molecule has 7 nitrogen and oxygen atoms in total. The summed E-state index contributed by atoms with van der Waals surface area (Å²) in [6.07, 6.45) is 6.04. The maximum atomic E-state index is 13.4.